The Hall–Kier alpha value is -3.27. The van der Waals surface area contributed by atoms with Gasteiger partial charge >= 0.3 is 0 Å². The van der Waals surface area contributed by atoms with Crippen molar-refractivity contribution in [2.75, 3.05) is 20.1 Å². The molecule has 1 spiro atoms. The number of hydrogen-bond donors (Lipinski definition) is 2. The third kappa shape index (κ3) is 3.03. The summed E-state index contributed by atoms with van der Waals surface area (Å²) in [5.41, 5.74) is 2.30. The summed E-state index contributed by atoms with van der Waals surface area (Å²) in [6, 6.07) is 11.1. The molecule has 36 heavy (non-hydrogen) atoms. The van der Waals surface area contributed by atoms with E-state index in [1.54, 1.807) is 18.0 Å². The van der Waals surface area contributed by atoms with Crippen molar-refractivity contribution in [2.45, 2.75) is 61.8 Å². The average molecular weight is 485 g/mol. The first-order chi connectivity index (χ1) is 17.3. The fourth-order valence-electron chi connectivity index (χ4n) is 7.39. The third-order valence-corrected chi connectivity index (χ3v) is 9.09. The van der Waals surface area contributed by atoms with Gasteiger partial charge in [-0.2, -0.15) is 0 Å². The van der Waals surface area contributed by atoms with Crippen molar-refractivity contribution in [2.24, 2.45) is 0 Å². The normalized spacial score (nSPS) is 31.5. The highest BCUT2D eigenvalue weighted by atomic mass is 16.5. The number of piperidine rings is 1. The Morgan fingerprint density at radius 1 is 1.28 bits per heavy atom. The molecule has 1 saturated carbocycles. The number of rotatable bonds is 3. The minimum absolute atomic E-state index is 0.0679. The molecule has 0 unspecified atom stereocenters. The van der Waals surface area contributed by atoms with Crippen LogP contribution in [0.25, 0.3) is 0 Å². The molecule has 0 radical (unpaired) electrons. The predicted octanol–water partition coefficient (Wildman–Crippen LogP) is 2.92. The van der Waals surface area contributed by atoms with Crippen LogP contribution in [0.4, 0.5) is 0 Å². The van der Waals surface area contributed by atoms with Crippen molar-refractivity contribution in [1.82, 2.24) is 9.80 Å². The zero-order valence-electron chi connectivity index (χ0n) is 20.8. The molecule has 6 rings (SSSR count). The van der Waals surface area contributed by atoms with Crippen LogP contribution in [0, 0.1) is 18.8 Å². The van der Waals surface area contributed by atoms with Crippen LogP contribution in [0.15, 0.2) is 49.1 Å². The fraction of sp³-hybridized carbons (Fsp3) is 0.433. The van der Waals surface area contributed by atoms with Gasteiger partial charge in [0.05, 0.1) is 17.1 Å². The molecule has 2 bridgehead atoms. The molecule has 0 aromatic heterocycles. The highest BCUT2D eigenvalue weighted by molar-refractivity contribution is 5.94. The number of likely N-dealkylation sites (N-methyl/N-ethyl adjacent to an activating group) is 1. The van der Waals surface area contributed by atoms with Crippen LogP contribution in [-0.4, -0.2) is 69.8 Å². The van der Waals surface area contributed by atoms with Gasteiger partial charge in [0.2, 0.25) is 0 Å². The second kappa shape index (κ2) is 8.12. The molecule has 2 fully saturated rings. The molecule has 186 valence electrons. The number of phenols is 1. The molecule has 1 saturated heterocycles. The number of phenolic OH excluding ortho intramolecular Hbond substituents is 1. The molecule has 5 atom stereocenters. The number of aryl methyl sites for hydroxylation is 1. The number of aromatic hydroxyl groups is 1. The molecule has 2 aromatic carbocycles. The van der Waals surface area contributed by atoms with Crippen LogP contribution in [0.5, 0.6) is 11.5 Å². The molecule has 2 N–H and O–H groups in total. The second-order valence-electron chi connectivity index (χ2n) is 10.8. The summed E-state index contributed by atoms with van der Waals surface area (Å²) in [7, 11) is 1.78. The van der Waals surface area contributed by atoms with E-state index in [1.165, 1.54) is 0 Å². The van der Waals surface area contributed by atoms with E-state index < -0.39 is 17.1 Å². The van der Waals surface area contributed by atoms with Crippen LogP contribution < -0.4 is 4.74 Å². The van der Waals surface area contributed by atoms with Crippen LogP contribution in [0.2, 0.25) is 0 Å². The number of nitrogens with zero attached hydrogens (tertiary/aromatic N) is 2. The van der Waals surface area contributed by atoms with E-state index in [4.69, 9.17) is 4.74 Å². The Morgan fingerprint density at radius 2 is 2.06 bits per heavy atom. The van der Waals surface area contributed by atoms with Gasteiger partial charge in [-0.1, -0.05) is 35.8 Å². The number of amides is 1. The molecular formula is C30H32N2O4. The van der Waals surface area contributed by atoms with Gasteiger partial charge in [0.1, 0.15) is 6.10 Å². The Labute approximate surface area is 212 Å². The summed E-state index contributed by atoms with van der Waals surface area (Å²) >= 11 is 0. The monoisotopic (exact) mass is 484 g/mol. The molecule has 6 heteroatoms. The van der Waals surface area contributed by atoms with E-state index in [-0.39, 0.29) is 23.7 Å². The van der Waals surface area contributed by atoms with Crippen molar-refractivity contribution >= 4 is 5.91 Å². The molecule has 2 aliphatic heterocycles. The first-order valence-corrected chi connectivity index (χ1v) is 12.7. The highest BCUT2D eigenvalue weighted by Crippen LogP contribution is 2.65. The van der Waals surface area contributed by atoms with Gasteiger partial charge in [-0.3, -0.25) is 9.69 Å². The number of carbonyl (C=O) groups excluding carboxylic acids is 1. The number of hydrogen-bond acceptors (Lipinski definition) is 5. The Morgan fingerprint density at radius 3 is 2.81 bits per heavy atom. The van der Waals surface area contributed by atoms with Crippen LogP contribution in [0.3, 0.4) is 0 Å². The zero-order chi connectivity index (χ0) is 25.2. The van der Waals surface area contributed by atoms with Crippen molar-refractivity contribution < 1.29 is 19.7 Å². The van der Waals surface area contributed by atoms with Crippen molar-refractivity contribution in [3.05, 3.63) is 71.3 Å². The summed E-state index contributed by atoms with van der Waals surface area (Å²) in [5, 5.41) is 23.2. The number of likely N-dealkylation sites (tertiary alicyclic amines) is 1. The molecule has 1 amide bonds. The SMILES string of the molecule is C=CCN1CC[C@]23c4c5ccc(O)c4O[C@H]2[C@@H](N(C)C(=O)C#Cc2ccc(C)cc2)CC[C@@]3(O)[C@H]1C5. The van der Waals surface area contributed by atoms with Gasteiger partial charge < -0.3 is 19.8 Å². The maximum absolute atomic E-state index is 13.2. The van der Waals surface area contributed by atoms with E-state index in [1.807, 2.05) is 43.3 Å². The van der Waals surface area contributed by atoms with Crippen molar-refractivity contribution in [3.63, 3.8) is 0 Å². The topological polar surface area (TPSA) is 73.2 Å². The van der Waals surface area contributed by atoms with Crippen molar-refractivity contribution in [3.8, 4) is 23.3 Å². The first-order valence-electron chi connectivity index (χ1n) is 12.7. The smallest absolute Gasteiger partial charge is 0.298 e. The van der Waals surface area contributed by atoms with Gasteiger partial charge in [0.25, 0.3) is 5.91 Å². The Bertz CT molecular complexity index is 1310. The van der Waals surface area contributed by atoms with Crippen LogP contribution >= 0.6 is 0 Å². The van der Waals surface area contributed by atoms with Crippen LogP contribution in [0.1, 0.15) is 41.5 Å². The van der Waals surface area contributed by atoms with Gasteiger partial charge in [0.15, 0.2) is 11.5 Å². The van der Waals surface area contributed by atoms with Gasteiger partial charge in [-0.15, -0.1) is 6.58 Å². The van der Waals surface area contributed by atoms with Gasteiger partial charge in [-0.25, -0.2) is 0 Å². The molecule has 6 nitrogen and oxygen atoms in total. The lowest BCUT2D eigenvalue weighted by molar-refractivity contribution is -0.197. The summed E-state index contributed by atoms with van der Waals surface area (Å²) in [4.78, 5) is 17.2. The minimum Gasteiger partial charge on any atom is -0.504 e. The molecule has 2 aromatic rings. The lowest BCUT2D eigenvalue weighted by Gasteiger charge is -2.64. The maximum Gasteiger partial charge on any atom is 0.298 e. The first kappa shape index (κ1) is 23.1. The van der Waals surface area contributed by atoms with Crippen LogP contribution in [-0.2, 0) is 16.6 Å². The molecular weight excluding hydrogens is 452 g/mol. The lowest BCUT2D eigenvalue weighted by atomic mass is 9.48. The molecule has 2 heterocycles. The fourth-order valence-corrected chi connectivity index (χ4v) is 7.39. The number of aliphatic hydroxyl groups is 1. The minimum atomic E-state index is -1.01. The molecule has 2 aliphatic carbocycles. The number of benzene rings is 2. The van der Waals surface area contributed by atoms with Gasteiger partial charge in [0, 0.05) is 36.7 Å². The van der Waals surface area contributed by atoms with E-state index in [0.717, 1.165) is 28.8 Å². The average Bonchev–Trinajstić information content (AvgIpc) is 3.22. The standard InChI is InChI=1S/C30H32N2O4/c1-4-16-32-17-15-29-26-21-10-11-23(33)27(26)36-28(29)22(13-14-30(29,35)24(32)18-21)31(3)25(34)12-9-20-7-5-19(2)6-8-20/h4-8,10-11,22,24,28,33,35H,1,13-18H2,2-3H3/t22-,24+,28-,29-,30+/m0/s1. The zero-order valence-corrected chi connectivity index (χ0v) is 20.8. The third-order valence-electron chi connectivity index (χ3n) is 9.09. The summed E-state index contributed by atoms with van der Waals surface area (Å²) < 4.78 is 6.54. The quantitative estimate of drug-likeness (QED) is 0.518. The van der Waals surface area contributed by atoms with E-state index in [0.29, 0.717) is 38.0 Å². The van der Waals surface area contributed by atoms with E-state index >= 15 is 0 Å². The second-order valence-corrected chi connectivity index (χ2v) is 10.8. The lowest BCUT2D eigenvalue weighted by Crippen LogP contribution is -2.78. The Kier molecular flexibility index (Phi) is 5.22. The van der Waals surface area contributed by atoms with E-state index in [9.17, 15) is 15.0 Å². The van der Waals surface area contributed by atoms with Crippen molar-refractivity contribution in [1.29, 1.82) is 0 Å². The largest absolute Gasteiger partial charge is 0.504 e. The highest BCUT2D eigenvalue weighted by Gasteiger charge is 2.73. The number of carbonyl (C=O) groups is 1. The van der Waals surface area contributed by atoms with E-state index in [2.05, 4.69) is 23.3 Å². The maximum atomic E-state index is 13.2. The summed E-state index contributed by atoms with van der Waals surface area (Å²) in [5.74, 6) is 6.09. The Balaban J connectivity index is 1.39. The number of ether oxygens (including phenoxy) is 1. The summed E-state index contributed by atoms with van der Waals surface area (Å²) in [6.45, 7) is 7.45. The van der Waals surface area contributed by atoms with Gasteiger partial charge in [-0.05, 0) is 62.9 Å². The molecule has 4 aliphatic rings. The summed E-state index contributed by atoms with van der Waals surface area (Å²) in [6.07, 6.45) is 3.98. The predicted molar refractivity (Wildman–Crippen MR) is 137 cm³/mol.